The van der Waals surface area contributed by atoms with Gasteiger partial charge in [-0.1, -0.05) is 46.5 Å². The van der Waals surface area contributed by atoms with Crippen molar-refractivity contribution in [1.29, 1.82) is 0 Å². The Hall–Kier alpha value is -0.438. The van der Waals surface area contributed by atoms with Crippen molar-refractivity contribution in [3.8, 4) is 0 Å². The lowest BCUT2D eigenvalue weighted by molar-refractivity contribution is 0.295. The van der Waals surface area contributed by atoms with Crippen LogP contribution in [0, 0.1) is 11.3 Å². The molecular formula is C13H25BOSi. The topological polar surface area (TPSA) is 9.23 Å². The largest absolute Gasteiger partial charge is 0.511 e. The highest BCUT2D eigenvalue weighted by Crippen LogP contribution is 2.33. The number of hydrogen-bond donors (Lipinski definition) is 0. The summed E-state index contributed by atoms with van der Waals surface area (Å²) in [5.74, 6) is 2.87. The zero-order valence-corrected chi connectivity index (χ0v) is 12.8. The number of methoxy groups -OCH3 is 1. The second kappa shape index (κ2) is 4.44. The van der Waals surface area contributed by atoms with Crippen molar-refractivity contribution in [3.05, 3.63) is 23.8 Å². The van der Waals surface area contributed by atoms with E-state index >= 15 is 0 Å². The molecule has 0 aromatic carbocycles. The second-order valence-corrected chi connectivity index (χ2v) is 12.2. The Morgan fingerprint density at radius 2 is 1.81 bits per heavy atom. The van der Waals surface area contributed by atoms with Gasteiger partial charge in [0.15, 0.2) is 0 Å². The molecule has 0 bridgehead atoms. The number of hydrogen-bond acceptors (Lipinski definition) is 1. The van der Waals surface area contributed by atoms with E-state index in [0.717, 1.165) is 0 Å². The fraction of sp³-hybridized carbons (Fsp3) is 0.692. The van der Waals surface area contributed by atoms with E-state index < -0.39 is 7.94 Å². The molecule has 0 N–H and O–H groups in total. The number of allylic oxidation sites excluding steroid dienone is 2. The fourth-order valence-corrected chi connectivity index (χ4v) is 3.87. The van der Waals surface area contributed by atoms with Gasteiger partial charge in [0.1, 0.15) is 0 Å². The van der Waals surface area contributed by atoms with Crippen LogP contribution in [0.1, 0.15) is 20.8 Å². The zero-order valence-electron chi connectivity index (χ0n) is 11.8. The number of ether oxygens (including phenoxy) is 1. The van der Waals surface area contributed by atoms with E-state index in [0.29, 0.717) is 12.2 Å². The molecule has 1 unspecified atom stereocenters. The van der Waals surface area contributed by atoms with Crippen molar-refractivity contribution in [2.24, 2.45) is 11.3 Å². The van der Waals surface area contributed by atoms with Crippen LogP contribution in [0.5, 0.6) is 0 Å². The molecule has 1 atom stereocenters. The van der Waals surface area contributed by atoms with Gasteiger partial charge in [-0.2, -0.15) is 0 Å². The summed E-state index contributed by atoms with van der Waals surface area (Å²) in [5, 5.41) is 0. The van der Waals surface area contributed by atoms with E-state index in [1.807, 2.05) is 0 Å². The quantitative estimate of drug-likeness (QED) is 0.664. The maximum absolute atomic E-state index is 5.60. The average Bonchev–Trinajstić information content (AvgIpc) is 2.14. The molecule has 0 aliphatic carbocycles. The third-order valence-electron chi connectivity index (χ3n) is 3.33. The molecule has 0 saturated heterocycles. The van der Waals surface area contributed by atoms with Crippen LogP contribution in [0.2, 0.25) is 19.6 Å². The van der Waals surface area contributed by atoms with Gasteiger partial charge < -0.3 is 4.74 Å². The molecule has 0 radical (unpaired) electrons. The van der Waals surface area contributed by atoms with Crippen LogP contribution in [-0.4, -0.2) is 21.4 Å². The van der Waals surface area contributed by atoms with E-state index in [4.69, 9.17) is 4.74 Å². The van der Waals surface area contributed by atoms with Crippen molar-refractivity contribution in [3.63, 3.8) is 0 Å². The molecule has 90 valence electrons. The molecule has 0 amide bonds. The van der Waals surface area contributed by atoms with E-state index in [9.17, 15) is 0 Å². The molecule has 0 spiro atoms. The lowest BCUT2D eigenvalue weighted by atomic mass is 9.64. The molecule has 1 rings (SSSR count). The lowest BCUT2D eigenvalue weighted by Gasteiger charge is -2.33. The SMILES string of the molecule is COC1=CC(C(C)(C)C)C=CB1[Si](C)(C)C. The van der Waals surface area contributed by atoms with Crippen molar-refractivity contribution in [1.82, 2.24) is 0 Å². The third-order valence-corrected chi connectivity index (χ3v) is 5.67. The highest BCUT2D eigenvalue weighted by Gasteiger charge is 2.36. The van der Waals surface area contributed by atoms with Gasteiger partial charge in [-0.3, -0.25) is 0 Å². The first-order chi connectivity index (χ1) is 7.16. The highest BCUT2D eigenvalue weighted by atomic mass is 28.3. The Labute approximate surface area is 102 Å². The molecule has 1 heterocycles. The van der Waals surface area contributed by atoms with Crippen LogP contribution >= 0.6 is 0 Å². The maximum Gasteiger partial charge on any atom is 0.237 e. The minimum absolute atomic E-state index is 0.282. The van der Waals surface area contributed by atoms with Crippen LogP contribution in [-0.2, 0) is 4.74 Å². The first-order valence-corrected chi connectivity index (χ1v) is 9.68. The minimum atomic E-state index is -1.21. The van der Waals surface area contributed by atoms with Crippen LogP contribution in [0.4, 0.5) is 0 Å². The minimum Gasteiger partial charge on any atom is -0.511 e. The Balaban J connectivity index is 2.97. The van der Waals surface area contributed by atoms with Gasteiger partial charge in [-0.25, -0.2) is 0 Å². The third kappa shape index (κ3) is 3.03. The first-order valence-electron chi connectivity index (χ1n) is 6.10. The Bertz CT molecular complexity index is 307. The van der Waals surface area contributed by atoms with Gasteiger partial charge in [0.05, 0.1) is 12.8 Å². The van der Waals surface area contributed by atoms with Gasteiger partial charge in [-0.05, 0) is 11.5 Å². The Kier molecular flexibility index (Phi) is 3.78. The molecular weight excluding hydrogens is 211 g/mol. The highest BCUT2D eigenvalue weighted by molar-refractivity contribution is 7.36. The molecule has 3 heteroatoms. The van der Waals surface area contributed by atoms with Crippen molar-refractivity contribution < 1.29 is 4.74 Å². The van der Waals surface area contributed by atoms with Crippen molar-refractivity contribution in [2.75, 3.05) is 7.11 Å². The summed E-state index contributed by atoms with van der Waals surface area (Å²) in [6, 6.07) is 0. The summed E-state index contributed by atoms with van der Waals surface area (Å²) in [7, 11) is 0.594. The standard InChI is InChI=1S/C13H25BOSi/c1-13(2,3)11-8-9-14(16(5,6)7)12(10-11)15-4/h8-11H,1-7H3. The molecule has 0 aromatic heterocycles. The second-order valence-electron chi connectivity index (χ2n) is 6.89. The Morgan fingerprint density at radius 3 is 2.19 bits per heavy atom. The molecule has 0 aromatic rings. The van der Waals surface area contributed by atoms with Crippen LogP contribution < -0.4 is 0 Å². The summed E-state index contributed by atoms with van der Waals surface area (Å²) in [4.78, 5) is 0. The summed E-state index contributed by atoms with van der Waals surface area (Å²) in [5.41, 5.74) is 1.46. The van der Waals surface area contributed by atoms with Crippen LogP contribution in [0.15, 0.2) is 23.8 Å². The predicted molar refractivity (Wildman–Crippen MR) is 76.3 cm³/mol. The van der Waals surface area contributed by atoms with E-state index in [2.05, 4.69) is 58.5 Å². The summed E-state index contributed by atoms with van der Waals surface area (Å²) >= 11 is 0. The van der Waals surface area contributed by atoms with E-state index in [1.165, 1.54) is 5.66 Å². The normalized spacial score (nSPS) is 22.1. The number of rotatable bonds is 2. The Morgan fingerprint density at radius 1 is 1.25 bits per heavy atom. The summed E-state index contributed by atoms with van der Waals surface area (Å²) in [6.07, 6.45) is 5.23. The van der Waals surface area contributed by atoms with Gasteiger partial charge in [0, 0.05) is 13.9 Å². The van der Waals surface area contributed by atoms with Crippen LogP contribution in [0.25, 0.3) is 0 Å². The van der Waals surface area contributed by atoms with E-state index in [-0.39, 0.29) is 5.41 Å². The van der Waals surface area contributed by atoms with Crippen molar-refractivity contribution in [2.45, 2.75) is 40.4 Å². The summed E-state index contributed by atoms with van der Waals surface area (Å²) < 4.78 is 5.60. The molecule has 0 fully saturated rings. The van der Waals surface area contributed by atoms with Gasteiger partial charge in [-0.15, -0.1) is 5.98 Å². The molecule has 16 heavy (non-hydrogen) atoms. The maximum atomic E-state index is 5.60. The molecule has 1 nitrogen and oxygen atoms in total. The first kappa shape index (κ1) is 13.6. The van der Waals surface area contributed by atoms with Gasteiger partial charge in [0.2, 0.25) is 6.31 Å². The van der Waals surface area contributed by atoms with E-state index in [1.54, 1.807) is 7.11 Å². The van der Waals surface area contributed by atoms with Crippen molar-refractivity contribution >= 4 is 14.2 Å². The average molecular weight is 236 g/mol. The molecule has 0 saturated carbocycles. The van der Waals surface area contributed by atoms with Gasteiger partial charge >= 0.3 is 0 Å². The predicted octanol–water partition coefficient (Wildman–Crippen LogP) is 3.74. The van der Waals surface area contributed by atoms with Gasteiger partial charge in [0.25, 0.3) is 0 Å². The lowest BCUT2D eigenvalue weighted by Crippen LogP contribution is -2.45. The summed E-state index contributed by atoms with van der Waals surface area (Å²) in [6.45, 7) is 14.0. The smallest absolute Gasteiger partial charge is 0.237 e. The molecule has 1 aliphatic heterocycles. The fourth-order valence-electron chi connectivity index (χ4n) is 2.11. The van der Waals surface area contributed by atoms with Crippen LogP contribution in [0.3, 0.4) is 0 Å². The zero-order chi connectivity index (χ0) is 12.6. The molecule has 1 aliphatic rings. The monoisotopic (exact) mass is 236 g/mol.